The van der Waals surface area contributed by atoms with Crippen LogP contribution in [0.1, 0.15) is 38.2 Å². The molecule has 0 aromatic carbocycles. The van der Waals surface area contributed by atoms with Gasteiger partial charge in [0, 0.05) is 44.6 Å². The zero-order chi connectivity index (χ0) is 16.7. The van der Waals surface area contributed by atoms with E-state index in [4.69, 9.17) is 4.98 Å². The summed E-state index contributed by atoms with van der Waals surface area (Å²) in [5, 5.41) is 8.13. The van der Waals surface area contributed by atoms with Crippen LogP contribution in [0, 0.1) is 5.41 Å². The summed E-state index contributed by atoms with van der Waals surface area (Å²) in [5.74, 6) is 1.63. The highest BCUT2D eigenvalue weighted by atomic mass is 15.2. The normalized spacial score (nSPS) is 23.1. The largest absolute Gasteiger partial charge is 0.356 e. The number of aryl methyl sites for hydroxylation is 1. The zero-order valence-electron chi connectivity index (χ0n) is 14.9. The van der Waals surface area contributed by atoms with Crippen LogP contribution in [0.3, 0.4) is 0 Å². The fourth-order valence-corrected chi connectivity index (χ4v) is 3.96. The van der Waals surface area contributed by atoms with E-state index in [1.54, 1.807) is 0 Å². The quantitative estimate of drug-likeness (QED) is 0.942. The standard InChI is InChI=1S/C19H27N5/c1-19(2)6-9-24(13-19)18-10-15(17-5-8-23(3)22-17)16(12-21-18)14-4-7-20-11-14/h5,8,10,12,14,20H,4,6-7,9,11,13H2,1-3H3. The highest BCUT2D eigenvalue weighted by molar-refractivity contribution is 5.68. The number of pyridine rings is 1. The van der Waals surface area contributed by atoms with Crippen molar-refractivity contribution in [3.05, 3.63) is 30.1 Å². The Morgan fingerprint density at radius 2 is 2.21 bits per heavy atom. The van der Waals surface area contributed by atoms with Crippen molar-refractivity contribution in [1.82, 2.24) is 20.1 Å². The molecule has 0 aliphatic carbocycles. The average molecular weight is 325 g/mol. The van der Waals surface area contributed by atoms with E-state index < -0.39 is 0 Å². The van der Waals surface area contributed by atoms with Gasteiger partial charge in [-0.15, -0.1) is 0 Å². The predicted molar refractivity (Wildman–Crippen MR) is 97.3 cm³/mol. The van der Waals surface area contributed by atoms with Crippen LogP contribution in [-0.2, 0) is 7.05 Å². The summed E-state index contributed by atoms with van der Waals surface area (Å²) in [6.45, 7) is 8.97. The number of nitrogens with zero attached hydrogens (tertiary/aromatic N) is 4. The van der Waals surface area contributed by atoms with E-state index >= 15 is 0 Å². The minimum absolute atomic E-state index is 0.376. The molecule has 1 N–H and O–H groups in total. The molecule has 2 fully saturated rings. The molecule has 128 valence electrons. The zero-order valence-corrected chi connectivity index (χ0v) is 14.9. The lowest BCUT2D eigenvalue weighted by Gasteiger charge is -2.22. The summed E-state index contributed by atoms with van der Waals surface area (Å²) in [4.78, 5) is 7.25. The molecule has 0 radical (unpaired) electrons. The second-order valence-electron chi connectivity index (χ2n) is 8.03. The smallest absolute Gasteiger partial charge is 0.129 e. The average Bonchev–Trinajstić information content (AvgIpc) is 3.27. The second-order valence-corrected chi connectivity index (χ2v) is 8.03. The van der Waals surface area contributed by atoms with Gasteiger partial charge in [-0.1, -0.05) is 13.8 Å². The number of rotatable bonds is 3. The summed E-state index contributed by atoms with van der Waals surface area (Å²) in [6.07, 6.45) is 6.52. The Bertz CT molecular complexity index is 727. The third kappa shape index (κ3) is 2.93. The van der Waals surface area contributed by atoms with E-state index in [0.29, 0.717) is 11.3 Å². The van der Waals surface area contributed by atoms with Crippen molar-refractivity contribution in [3.8, 4) is 11.3 Å². The maximum absolute atomic E-state index is 4.83. The molecule has 5 nitrogen and oxygen atoms in total. The Balaban J connectivity index is 1.73. The van der Waals surface area contributed by atoms with E-state index in [9.17, 15) is 0 Å². The Morgan fingerprint density at radius 1 is 1.33 bits per heavy atom. The van der Waals surface area contributed by atoms with E-state index in [2.05, 4.69) is 47.5 Å². The molecule has 0 bridgehead atoms. The molecule has 0 saturated carbocycles. The molecule has 0 amide bonds. The van der Waals surface area contributed by atoms with Gasteiger partial charge in [0.1, 0.15) is 5.82 Å². The SMILES string of the molecule is Cn1ccc(-c2cc(N3CCC(C)(C)C3)ncc2C2CCNC2)n1. The number of anilines is 1. The number of hydrogen-bond donors (Lipinski definition) is 1. The van der Waals surface area contributed by atoms with Crippen molar-refractivity contribution < 1.29 is 0 Å². The van der Waals surface area contributed by atoms with Crippen molar-refractivity contribution in [3.63, 3.8) is 0 Å². The fraction of sp³-hybridized carbons (Fsp3) is 0.579. The monoisotopic (exact) mass is 325 g/mol. The fourth-order valence-electron chi connectivity index (χ4n) is 3.96. The minimum atomic E-state index is 0.376. The molecule has 2 aromatic rings. The second kappa shape index (κ2) is 5.88. The van der Waals surface area contributed by atoms with Crippen molar-refractivity contribution >= 4 is 5.82 Å². The van der Waals surface area contributed by atoms with Crippen molar-refractivity contribution in [2.75, 3.05) is 31.1 Å². The van der Waals surface area contributed by atoms with Gasteiger partial charge < -0.3 is 10.2 Å². The molecular weight excluding hydrogens is 298 g/mol. The van der Waals surface area contributed by atoms with Crippen LogP contribution < -0.4 is 10.2 Å². The topological polar surface area (TPSA) is 46.0 Å². The molecular formula is C19H27N5. The molecule has 1 atom stereocenters. The van der Waals surface area contributed by atoms with E-state index in [0.717, 1.165) is 37.7 Å². The van der Waals surface area contributed by atoms with Crippen LogP contribution in [0.4, 0.5) is 5.82 Å². The van der Waals surface area contributed by atoms with Crippen molar-refractivity contribution in [1.29, 1.82) is 0 Å². The molecule has 2 saturated heterocycles. The van der Waals surface area contributed by atoms with Gasteiger partial charge in [-0.05, 0) is 48.4 Å². The molecule has 2 aliphatic heterocycles. The summed E-state index contributed by atoms with van der Waals surface area (Å²) in [7, 11) is 1.98. The highest BCUT2D eigenvalue weighted by Gasteiger charge is 2.31. The lowest BCUT2D eigenvalue weighted by atomic mass is 9.93. The highest BCUT2D eigenvalue weighted by Crippen LogP contribution is 2.36. The maximum atomic E-state index is 4.83. The number of nitrogens with one attached hydrogen (secondary N) is 1. The lowest BCUT2D eigenvalue weighted by molar-refractivity contribution is 0.418. The molecule has 4 heterocycles. The van der Waals surface area contributed by atoms with Crippen LogP contribution in [0.15, 0.2) is 24.5 Å². The van der Waals surface area contributed by atoms with Gasteiger partial charge in [0.2, 0.25) is 0 Å². The third-order valence-electron chi connectivity index (χ3n) is 5.41. The van der Waals surface area contributed by atoms with Crippen LogP contribution in [0.25, 0.3) is 11.3 Å². The van der Waals surface area contributed by atoms with Gasteiger partial charge in [0.15, 0.2) is 0 Å². The van der Waals surface area contributed by atoms with Gasteiger partial charge in [-0.25, -0.2) is 4.98 Å². The number of aromatic nitrogens is 3. The summed E-state index contributed by atoms with van der Waals surface area (Å²) in [6, 6.07) is 4.37. The Morgan fingerprint density at radius 3 is 2.83 bits per heavy atom. The van der Waals surface area contributed by atoms with Crippen molar-refractivity contribution in [2.45, 2.75) is 32.6 Å². The first-order valence-electron chi connectivity index (χ1n) is 8.97. The van der Waals surface area contributed by atoms with Crippen LogP contribution in [0.5, 0.6) is 0 Å². The van der Waals surface area contributed by atoms with Crippen LogP contribution >= 0.6 is 0 Å². The molecule has 2 aromatic heterocycles. The first-order chi connectivity index (χ1) is 11.5. The molecule has 0 spiro atoms. The summed E-state index contributed by atoms with van der Waals surface area (Å²) < 4.78 is 1.88. The van der Waals surface area contributed by atoms with E-state index in [-0.39, 0.29) is 0 Å². The van der Waals surface area contributed by atoms with Crippen molar-refractivity contribution in [2.24, 2.45) is 12.5 Å². The molecule has 4 rings (SSSR count). The third-order valence-corrected chi connectivity index (χ3v) is 5.41. The minimum Gasteiger partial charge on any atom is -0.356 e. The lowest BCUT2D eigenvalue weighted by Crippen LogP contribution is -2.23. The summed E-state index contributed by atoms with van der Waals surface area (Å²) in [5.41, 5.74) is 4.02. The molecule has 24 heavy (non-hydrogen) atoms. The van der Waals surface area contributed by atoms with Crippen LogP contribution in [0.2, 0.25) is 0 Å². The molecule has 2 aliphatic rings. The van der Waals surface area contributed by atoms with Gasteiger partial charge in [0.25, 0.3) is 0 Å². The van der Waals surface area contributed by atoms with Crippen LogP contribution in [-0.4, -0.2) is 40.9 Å². The van der Waals surface area contributed by atoms with E-state index in [1.807, 2.05) is 17.9 Å². The Labute approximate surface area is 144 Å². The van der Waals surface area contributed by atoms with E-state index in [1.165, 1.54) is 24.0 Å². The van der Waals surface area contributed by atoms with Gasteiger partial charge >= 0.3 is 0 Å². The summed E-state index contributed by atoms with van der Waals surface area (Å²) >= 11 is 0. The van der Waals surface area contributed by atoms with Gasteiger partial charge in [-0.2, -0.15) is 5.10 Å². The molecule has 5 heteroatoms. The Hall–Kier alpha value is -1.88. The van der Waals surface area contributed by atoms with Gasteiger partial charge in [-0.3, -0.25) is 4.68 Å². The first kappa shape index (κ1) is 15.6. The first-order valence-corrected chi connectivity index (χ1v) is 8.97. The molecule has 1 unspecified atom stereocenters. The number of hydrogen-bond acceptors (Lipinski definition) is 4. The maximum Gasteiger partial charge on any atom is 0.129 e. The Kier molecular flexibility index (Phi) is 3.83. The predicted octanol–water partition coefficient (Wildman–Crippen LogP) is 2.80. The van der Waals surface area contributed by atoms with Gasteiger partial charge in [0.05, 0.1) is 5.69 Å².